The molecule has 0 radical (unpaired) electrons. The number of carboxylic acids is 1. The number of hydrogen-bond acceptors (Lipinski definition) is 5. The number of aromatic carboxylic acids is 1. The van der Waals surface area contributed by atoms with E-state index in [-0.39, 0.29) is 5.56 Å². The summed E-state index contributed by atoms with van der Waals surface area (Å²) < 4.78 is 11.4. The maximum absolute atomic E-state index is 10.7. The van der Waals surface area contributed by atoms with Crippen molar-refractivity contribution < 1.29 is 19.2 Å². The van der Waals surface area contributed by atoms with Gasteiger partial charge in [0.15, 0.2) is 5.76 Å². The van der Waals surface area contributed by atoms with E-state index in [9.17, 15) is 4.79 Å². The van der Waals surface area contributed by atoms with Crippen LogP contribution in [0, 0.1) is 0 Å². The summed E-state index contributed by atoms with van der Waals surface area (Å²) in [5.41, 5.74) is 0.808. The summed E-state index contributed by atoms with van der Waals surface area (Å²) in [6.07, 6.45) is 2.73. The van der Waals surface area contributed by atoms with E-state index in [4.69, 9.17) is 14.4 Å². The first-order chi connectivity index (χ1) is 8.19. The second-order valence-corrected chi connectivity index (χ2v) is 3.45. The minimum atomic E-state index is -1.00. The highest BCUT2D eigenvalue weighted by molar-refractivity contribution is 5.86. The van der Waals surface area contributed by atoms with Crippen LogP contribution in [0.15, 0.2) is 23.0 Å². The highest BCUT2D eigenvalue weighted by Crippen LogP contribution is 2.07. The quantitative estimate of drug-likeness (QED) is 0.825. The van der Waals surface area contributed by atoms with Crippen molar-refractivity contribution in [1.82, 2.24) is 14.9 Å². The molecule has 0 saturated heterocycles. The summed E-state index contributed by atoms with van der Waals surface area (Å²) in [6, 6.07) is 1.74. The van der Waals surface area contributed by atoms with Crippen LogP contribution in [0.4, 0.5) is 0 Å². The molecule has 0 aliphatic carbocycles. The lowest BCUT2D eigenvalue weighted by Gasteiger charge is -1.94. The molecule has 17 heavy (non-hydrogen) atoms. The van der Waals surface area contributed by atoms with Crippen LogP contribution in [-0.4, -0.2) is 33.1 Å². The molecule has 2 heterocycles. The van der Waals surface area contributed by atoms with Crippen molar-refractivity contribution in [2.75, 3.05) is 7.11 Å². The average molecular weight is 237 g/mol. The molecule has 0 amide bonds. The van der Waals surface area contributed by atoms with Gasteiger partial charge in [-0.15, -0.1) is 0 Å². The third-order valence-corrected chi connectivity index (χ3v) is 2.10. The molecule has 0 fully saturated rings. The van der Waals surface area contributed by atoms with E-state index in [1.807, 2.05) is 0 Å². The number of methoxy groups -OCH3 is 1. The van der Waals surface area contributed by atoms with E-state index in [1.165, 1.54) is 17.1 Å². The number of rotatable bonds is 5. The number of carboxylic acid groups (broad SMARTS) is 1. The number of nitrogens with zero attached hydrogens (tertiary/aromatic N) is 3. The Balaban J connectivity index is 2.05. The van der Waals surface area contributed by atoms with Gasteiger partial charge in [0.1, 0.15) is 12.3 Å². The molecule has 0 unspecified atom stereocenters. The molecule has 1 N–H and O–H groups in total. The smallest absolute Gasteiger partial charge is 0.338 e. The van der Waals surface area contributed by atoms with E-state index in [0.29, 0.717) is 24.6 Å². The predicted molar refractivity (Wildman–Crippen MR) is 55.5 cm³/mol. The molecule has 2 aromatic heterocycles. The first kappa shape index (κ1) is 11.3. The lowest BCUT2D eigenvalue weighted by atomic mass is 10.3. The van der Waals surface area contributed by atoms with E-state index in [1.54, 1.807) is 13.2 Å². The largest absolute Gasteiger partial charge is 0.478 e. The normalized spacial score (nSPS) is 10.6. The van der Waals surface area contributed by atoms with Gasteiger partial charge in [-0.3, -0.25) is 4.68 Å². The molecule has 0 saturated carbocycles. The Hall–Kier alpha value is -2.15. The Morgan fingerprint density at radius 1 is 1.65 bits per heavy atom. The summed E-state index contributed by atoms with van der Waals surface area (Å²) in [5.74, 6) is -0.385. The number of carbonyl (C=O) groups is 1. The van der Waals surface area contributed by atoms with Crippen molar-refractivity contribution in [1.29, 1.82) is 0 Å². The summed E-state index contributed by atoms with van der Waals surface area (Å²) in [7, 11) is 1.56. The highest BCUT2D eigenvalue weighted by Gasteiger charge is 2.08. The number of aromatic nitrogens is 3. The summed E-state index contributed by atoms with van der Waals surface area (Å²) in [6.45, 7) is 0.715. The van der Waals surface area contributed by atoms with Crippen LogP contribution in [0.25, 0.3) is 0 Å². The third kappa shape index (κ3) is 2.70. The lowest BCUT2D eigenvalue weighted by molar-refractivity contribution is 0.0697. The van der Waals surface area contributed by atoms with Gasteiger partial charge >= 0.3 is 5.97 Å². The molecule has 0 atom stereocenters. The van der Waals surface area contributed by atoms with Crippen molar-refractivity contribution in [2.24, 2.45) is 0 Å². The van der Waals surface area contributed by atoms with Crippen molar-refractivity contribution in [2.45, 2.75) is 13.2 Å². The van der Waals surface area contributed by atoms with E-state index < -0.39 is 5.97 Å². The molecule has 0 aromatic carbocycles. The fourth-order valence-electron chi connectivity index (χ4n) is 1.37. The fourth-order valence-corrected chi connectivity index (χ4v) is 1.37. The molecule has 2 rings (SSSR count). The maximum atomic E-state index is 10.7. The Morgan fingerprint density at radius 2 is 2.47 bits per heavy atom. The lowest BCUT2D eigenvalue weighted by Crippen LogP contribution is -2.00. The molecule has 7 nitrogen and oxygen atoms in total. The SMILES string of the molecule is COCc1cc(Cn2cc(C(=O)O)cn2)no1. The highest BCUT2D eigenvalue weighted by atomic mass is 16.5. The van der Waals surface area contributed by atoms with Crippen LogP contribution >= 0.6 is 0 Å². The van der Waals surface area contributed by atoms with Gasteiger partial charge in [-0.05, 0) is 0 Å². The second-order valence-electron chi connectivity index (χ2n) is 3.45. The molecule has 2 aromatic rings. The Labute approximate surface area is 96.6 Å². The molecular formula is C10H11N3O4. The Bertz CT molecular complexity index is 517. The first-order valence-corrected chi connectivity index (χ1v) is 4.88. The molecule has 0 spiro atoms. The second kappa shape index (κ2) is 4.79. The minimum absolute atomic E-state index is 0.144. The predicted octanol–water partition coefficient (Wildman–Crippen LogP) is 0.764. The third-order valence-electron chi connectivity index (χ3n) is 2.10. The van der Waals surface area contributed by atoms with Gasteiger partial charge in [-0.25, -0.2) is 4.79 Å². The molecule has 0 bridgehead atoms. The van der Waals surface area contributed by atoms with Crippen molar-refractivity contribution >= 4 is 5.97 Å². The van der Waals surface area contributed by atoms with Gasteiger partial charge < -0.3 is 14.4 Å². The molecule has 0 aliphatic rings. The van der Waals surface area contributed by atoms with Crippen molar-refractivity contribution in [3.63, 3.8) is 0 Å². The average Bonchev–Trinajstić information content (AvgIpc) is 2.89. The zero-order valence-corrected chi connectivity index (χ0v) is 9.16. The van der Waals surface area contributed by atoms with Gasteiger partial charge in [0.05, 0.1) is 18.3 Å². The fraction of sp³-hybridized carbons (Fsp3) is 0.300. The zero-order valence-electron chi connectivity index (χ0n) is 9.16. The molecule has 0 aliphatic heterocycles. The number of ether oxygens (including phenoxy) is 1. The van der Waals surface area contributed by atoms with Crippen LogP contribution < -0.4 is 0 Å². The van der Waals surface area contributed by atoms with Crippen LogP contribution in [0.1, 0.15) is 21.8 Å². The summed E-state index contributed by atoms with van der Waals surface area (Å²) in [4.78, 5) is 10.7. The zero-order chi connectivity index (χ0) is 12.3. The summed E-state index contributed by atoms with van der Waals surface area (Å²) >= 11 is 0. The van der Waals surface area contributed by atoms with Gasteiger partial charge in [0.2, 0.25) is 0 Å². The Morgan fingerprint density at radius 3 is 3.12 bits per heavy atom. The first-order valence-electron chi connectivity index (χ1n) is 4.88. The van der Waals surface area contributed by atoms with E-state index >= 15 is 0 Å². The van der Waals surface area contributed by atoms with Gasteiger partial charge in [0.25, 0.3) is 0 Å². The summed E-state index contributed by atoms with van der Waals surface area (Å²) in [5, 5.41) is 16.5. The topological polar surface area (TPSA) is 90.4 Å². The maximum Gasteiger partial charge on any atom is 0.338 e. The molecule has 7 heteroatoms. The van der Waals surface area contributed by atoms with Crippen molar-refractivity contribution in [3.8, 4) is 0 Å². The van der Waals surface area contributed by atoms with Crippen LogP contribution in [0.2, 0.25) is 0 Å². The molecule has 90 valence electrons. The van der Waals surface area contributed by atoms with Gasteiger partial charge in [0, 0.05) is 19.4 Å². The van der Waals surface area contributed by atoms with Crippen LogP contribution in [0.3, 0.4) is 0 Å². The Kier molecular flexibility index (Phi) is 3.20. The standard InChI is InChI=1S/C10H11N3O4/c1-16-6-9-2-8(12-17-9)5-13-4-7(3-11-13)10(14)15/h2-4H,5-6H2,1H3,(H,14,15). The minimum Gasteiger partial charge on any atom is -0.478 e. The van der Waals surface area contributed by atoms with Gasteiger partial charge in [-0.2, -0.15) is 5.10 Å². The monoisotopic (exact) mass is 237 g/mol. The molecular weight excluding hydrogens is 226 g/mol. The van der Waals surface area contributed by atoms with E-state index in [0.717, 1.165) is 0 Å². The van der Waals surface area contributed by atoms with Crippen molar-refractivity contribution in [3.05, 3.63) is 35.5 Å². The van der Waals surface area contributed by atoms with Crippen LogP contribution in [-0.2, 0) is 17.9 Å². The van der Waals surface area contributed by atoms with Crippen LogP contribution in [0.5, 0.6) is 0 Å². The van der Waals surface area contributed by atoms with Gasteiger partial charge in [-0.1, -0.05) is 5.16 Å². The number of hydrogen-bond donors (Lipinski definition) is 1. The van der Waals surface area contributed by atoms with E-state index in [2.05, 4.69) is 10.3 Å².